The SMILES string of the molecule is C.[GeH4].[HH].[HH].[HH].[SiH4].[SiH4].[SiH4].[SiH4]. The van der Waals surface area contributed by atoms with Crippen LogP contribution in [-0.2, 0) is 0 Å². The topological polar surface area (TPSA) is 0 Å². The predicted octanol–water partition coefficient (Wildman–Crippen LogP) is -5.88. The molecule has 0 atom stereocenters. The fraction of sp³-hybridized carbons (Fsp3) is 1.00. The Balaban J connectivity index is 0. The van der Waals surface area contributed by atoms with Crippen molar-refractivity contribution in [3.63, 3.8) is 0 Å². The van der Waals surface area contributed by atoms with Crippen LogP contribution >= 0.6 is 0 Å². The Morgan fingerprint density at radius 1 is 0.667 bits per heavy atom. The molecule has 0 heterocycles. The molecule has 5 heteroatoms. The van der Waals surface area contributed by atoms with Gasteiger partial charge in [-0.3, -0.25) is 0 Å². The maximum atomic E-state index is 0. The van der Waals surface area contributed by atoms with Gasteiger partial charge in [0.25, 0.3) is 0 Å². The van der Waals surface area contributed by atoms with Crippen molar-refractivity contribution >= 4 is 61.5 Å². The average Bonchev–Trinajstić information content (AvgIpc) is 0. The van der Waals surface area contributed by atoms with Gasteiger partial charge in [0.15, 0.2) is 0 Å². The summed E-state index contributed by atoms with van der Waals surface area (Å²) in [6.45, 7) is 0. The Hall–Kier alpha value is 1.41. The summed E-state index contributed by atoms with van der Waals surface area (Å²) in [4.78, 5) is 0. The van der Waals surface area contributed by atoms with Gasteiger partial charge in [0.05, 0.1) is 0 Å². The van der Waals surface area contributed by atoms with Crippen molar-refractivity contribution in [3.8, 4) is 0 Å². The van der Waals surface area contributed by atoms with Gasteiger partial charge in [-0.05, 0) is 43.9 Å². The van der Waals surface area contributed by atoms with Crippen molar-refractivity contribution in [2.24, 2.45) is 0 Å². The molecule has 0 aliphatic carbocycles. The molecule has 0 aromatic carbocycles. The van der Waals surface area contributed by atoms with E-state index in [4.69, 9.17) is 0 Å². The van der Waals surface area contributed by atoms with Crippen LogP contribution in [0.25, 0.3) is 0 Å². The van der Waals surface area contributed by atoms with Gasteiger partial charge in [0, 0.05) is 4.28 Å². The Morgan fingerprint density at radius 2 is 0.667 bits per heavy atom. The molecule has 54 valence electrons. The summed E-state index contributed by atoms with van der Waals surface area (Å²) in [7, 11) is 0. The Morgan fingerprint density at radius 3 is 0.667 bits per heavy atom. The number of hydrogen-bond donors (Lipinski definition) is 0. The van der Waals surface area contributed by atoms with Gasteiger partial charge in [0.2, 0.25) is 0 Å². The molecular formula is CH30GeSi4. The molecule has 0 aromatic rings. The second-order valence-corrected chi connectivity index (χ2v) is 0. The molecule has 0 fully saturated rings. The Labute approximate surface area is 73.4 Å². The van der Waals surface area contributed by atoms with Crippen LogP contribution in [0.5, 0.6) is 0 Å². The van der Waals surface area contributed by atoms with Crippen molar-refractivity contribution in [2.45, 2.75) is 7.43 Å². The third-order valence-corrected chi connectivity index (χ3v) is 0. The molecule has 0 rings (SSSR count). The van der Waals surface area contributed by atoms with E-state index in [0.29, 0.717) is 0 Å². The molecule has 0 bridgehead atoms. The Kier molecular flexibility index (Phi) is 2410. The number of hydrogen-bond acceptors (Lipinski definition) is 0. The summed E-state index contributed by atoms with van der Waals surface area (Å²) in [5.74, 6) is 0. The van der Waals surface area contributed by atoms with Gasteiger partial charge in [-0.15, -0.1) is 0 Å². The molecule has 0 aromatic heterocycles. The van der Waals surface area contributed by atoms with E-state index in [-0.39, 0.29) is 73.2 Å². The van der Waals surface area contributed by atoms with E-state index in [0.717, 1.165) is 0 Å². The van der Waals surface area contributed by atoms with E-state index < -0.39 is 0 Å². The molecule has 0 spiro atoms. The van der Waals surface area contributed by atoms with Crippen LogP contribution in [0.4, 0.5) is 0 Å². The molecule has 6 heavy (non-hydrogen) atoms. The van der Waals surface area contributed by atoms with Crippen molar-refractivity contribution in [1.29, 1.82) is 0 Å². The summed E-state index contributed by atoms with van der Waals surface area (Å²) >= 11 is 0. The Bertz CT molecular complexity index is 15.8. The van der Waals surface area contributed by atoms with Crippen LogP contribution in [0.15, 0.2) is 0 Å². The molecular weight excluding hydrogens is 197 g/mol. The van der Waals surface area contributed by atoms with Crippen molar-refractivity contribution in [2.75, 3.05) is 0 Å². The van der Waals surface area contributed by atoms with Gasteiger partial charge >= 0.3 is 17.6 Å². The van der Waals surface area contributed by atoms with Gasteiger partial charge in [-0.1, -0.05) is 7.43 Å². The minimum absolute atomic E-state index is 0. The molecule has 0 saturated heterocycles. The standard InChI is InChI=1S/CH4.GeH4.4H4Si.3H2/h6*1H4;3*1H. The summed E-state index contributed by atoms with van der Waals surface area (Å²) in [6, 6.07) is 0. The fourth-order valence-electron chi connectivity index (χ4n) is 0. The third-order valence-electron chi connectivity index (χ3n) is 0. The number of rotatable bonds is 0. The normalized spacial score (nSPS) is 0. The summed E-state index contributed by atoms with van der Waals surface area (Å²) in [5, 5.41) is 0. The minimum Gasteiger partial charge on any atom is -0.0149 e. The maximum Gasteiger partial charge on any atom is 0 e. The van der Waals surface area contributed by atoms with Crippen LogP contribution in [0, 0.1) is 0 Å². The van der Waals surface area contributed by atoms with Crippen molar-refractivity contribution in [3.05, 3.63) is 0 Å². The first-order valence-electron chi connectivity index (χ1n) is 0. The first-order valence-corrected chi connectivity index (χ1v) is 0. The largest absolute Gasteiger partial charge is 0.0149 e. The summed E-state index contributed by atoms with van der Waals surface area (Å²) in [5.41, 5.74) is 0. The fourth-order valence-corrected chi connectivity index (χ4v) is 0. The zero-order chi connectivity index (χ0) is 0. The molecule has 0 aliphatic heterocycles. The average molecular weight is 227 g/mol. The first-order chi connectivity index (χ1) is 0. The van der Waals surface area contributed by atoms with Crippen LogP contribution in [0.2, 0.25) is 0 Å². The second kappa shape index (κ2) is 94.3. The van der Waals surface area contributed by atoms with Crippen LogP contribution < -0.4 is 0 Å². The quantitative estimate of drug-likeness (QED) is 0.362. The van der Waals surface area contributed by atoms with Gasteiger partial charge in [0.1, 0.15) is 0 Å². The van der Waals surface area contributed by atoms with Gasteiger partial charge in [-0.25, -0.2) is 0 Å². The van der Waals surface area contributed by atoms with E-state index in [2.05, 4.69) is 0 Å². The molecule has 0 amide bonds. The van der Waals surface area contributed by atoms with E-state index >= 15 is 0 Å². The van der Waals surface area contributed by atoms with E-state index in [1.807, 2.05) is 0 Å². The van der Waals surface area contributed by atoms with E-state index in [1.165, 1.54) is 0 Å². The van der Waals surface area contributed by atoms with Gasteiger partial charge < -0.3 is 0 Å². The van der Waals surface area contributed by atoms with E-state index in [9.17, 15) is 0 Å². The first kappa shape index (κ1) is 153. The predicted molar refractivity (Wildman–Crippen MR) is 69.7 cm³/mol. The molecule has 0 radical (unpaired) electrons. The zero-order valence-electron chi connectivity index (χ0n) is 0. The molecule has 0 N–H and O–H groups in total. The smallest absolute Gasteiger partial charge is 0 e. The third kappa shape index (κ3) is 52.9. The van der Waals surface area contributed by atoms with Gasteiger partial charge in [-0.2, -0.15) is 0 Å². The molecule has 0 unspecified atom stereocenters. The summed E-state index contributed by atoms with van der Waals surface area (Å²) < 4.78 is 0. The summed E-state index contributed by atoms with van der Waals surface area (Å²) in [6.07, 6.45) is 0. The van der Waals surface area contributed by atoms with E-state index in [1.54, 1.807) is 0 Å². The maximum absolute atomic E-state index is 0. The molecule has 0 nitrogen and oxygen atoms in total. The van der Waals surface area contributed by atoms with Crippen LogP contribution in [0.3, 0.4) is 0 Å². The van der Waals surface area contributed by atoms with Crippen LogP contribution in [-0.4, -0.2) is 61.5 Å². The second-order valence-electron chi connectivity index (χ2n) is 0. The molecule has 0 aliphatic rings. The monoisotopic (exact) mass is 228 g/mol. The van der Waals surface area contributed by atoms with Crippen molar-refractivity contribution in [1.82, 2.24) is 0 Å². The van der Waals surface area contributed by atoms with Crippen molar-refractivity contribution < 1.29 is 4.28 Å². The van der Waals surface area contributed by atoms with Crippen LogP contribution in [0.1, 0.15) is 11.7 Å². The molecule has 0 saturated carbocycles. The zero-order valence-corrected chi connectivity index (χ0v) is 0. The minimum atomic E-state index is 0.